The van der Waals surface area contributed by atoms with Crippen LogP contribution in [0.4, 0.5) is 4.79 Å². The van der Waals surface area contributed by atoms with Gasteiger partial charge in [0.1, 0.15) is 23.7 Å². The lowest BCUT2D eigenvalue weighted by Crippen LogP contribution is -2.57. The van der Waals surface area contributed by atoms with Crippen LogP contribution < -0.4 is 5.32 Å². The molecule has 0 aromatic carbocycles. The third-order valence-electron chi connectivity index (χ3n) is 6.81. The van der Waals surface area contributed by atoms with E-state index in [1.54, 1.807) is 39.5 Å². The Morgan fingerprint density at radius 3 is 2.47 bits per heavy atom. The van der Waals surface area contributed by atoms with E-state index in [4.69, 9.17) is 4.74 Å². The third-order valence-corrected chi connectivity index (χ3v) is 8.06. The molecule has 32 heavy (non-hydrogen) atoms. The van der Waals surface area contributed by atoms with Crippen LogP contribution in [-0.2, 0) is 19.1 Å². The van der Waals surface area contributed by atoms with Gasteiger partial charge in [-0.3, -0.25) is 14.5 Å². The van der Waals surface area contributed by atoms with Crippen LogP contribution in [0.1, 0.15) is 66.2 Å². The third kappa shape index (κ3) is 4.84. The maximum atomic E-state index is 13.5. The molecular weight excluding hydrogens is 434 g/mol. The lowest BCUT2D eigenvalue weighted by Gasteiger charge is -2.34. The van der Waals surface area contributed by atoms with Crippen molar-refractivity contribution in [1.29, 1.82) is 0 Å². The fourth-order valence-electron chi connectivity index (χ4n) is 5.08. The van der Waals surface area contributed by atoms with E-state index in [1.807, 2.05) is 0 Å². The van der Waals surface area contributed by atoms with E-state index < -0.39 is 41.7 Å². The summed E-state index contributed by atoms with van der Waals surface area (Å²) in [5, 5.41) is 12.6. The van der Waals surface area contributed by atoms with Gasteiger partial charge in [0.05, 0.1) is 5.37 Å². The first-order valence-corrected chi connectivity index (χ1v) is 12.3. The van der Waals surface area contributed by atoms with Gasteiger partial charge < -0.3 is 20.1 Å². The molecule has 3 rings (SSSR count). The Labute approximate surface area is 193 Å². The summed E-state index contributed by atoms with van der Waals surface area (Å²) >= 11 is 1.60. The molecule has 3 fully saturated rings. The molecule has 10 heteroatoms. The van der Waals surface area contributed by atoms with Crippen LogP contribution in [0.2, 0.25) is 0 Å². The summed E-state index contributed by atoms with van der Waals surface area (Å²) in [6, 6.07) is -2.51. The number of likely N-dealkylation sites (N-methyl/N-ethyl adjacent to an activating group) is 1. The number of fused-ring (bicyclic) bond motifs is 1. The molecule has 0 aromatic heterocycles. The highest BCUT2D eigenvalue weighted by atomic mass is 32.2. The maximum Gasteiger partial charge on any atom is 0.410 e. The Bertz CT molecular complexity index is 776. The molecule has 180 valence electrons. The molecule has 0 radical (unpaired) electrons. The predicted molar refractivity (Wildman–Crippen MR) is 120 cm³/mol. The molecular formula is C22H35N3O6S. The van der Waals surface area contributed by atoms with Gasteiger partial charge in [-0.15, -0.1) is 11.8 Å². The second-order valence-corrected chi connectivity index (χ2v) is 11.5. The van der Waals surface area contributed by atoms with Crippen LogP contribution in [0.5, 0.6) is 0 Å². The van der Waals surface area contributed by atoms with Crippen molar-refractivity contribution < 1.29 is 29.0 Å². The Hall–Kier alpha value is -1.97. The molecule has 9 nitrogen and oxygen atoms in total. The van der Waals surface area contributed by atoms with Crippen LogP contribution >= 0.6 is 11.8 Å². The number of nitrogens with one attached hydrogen (secondary N) is 1. The van der Waals surface area contributed by atoms with Crippen LogP contribution in [0.15, 0.2) is 0 Å². The number of carboxylic acid groups (broad SMARTS) is 1. The minimum absolute atomic E-state index is 0.175. The molecule has 3 aliphatic rings. The number of nitrogens with zero attached hydrogens (tertiary/aromatic N) is 2. The number of aliphatic carboxylic acids is 1. The van der Waals surface area contributed by atoms with E-state index in [0.717, 1.165) is 25.7 Å². The Kier molecular flexibility index (Phi) is 7.02. The Morgan fingerprint density at radius 2 is 1.91 bits per heavy atom. The van der Waals surface area contributed by atoms with E-state index in [-0.39, 0.29) is 16.7 Å². The van der Waals surface area contributed by atoms with Gasteiger partial charge in [0.15, 0.2) is 0 Å². The molecule has 1 spiro atoms. The predicted octanol–water partition coefficient (Wildman–Crippen LogP) is 2.44. The van der Waals surface area contributed by atoms with E-state index in [0.29, 0.717) is 18.6 Å². The second-order valence-electron chi connectivity index (χ2n) is 10.2. The number of amides is 3. The molecule has 1 aliphatic carbocycles. The molecule has 0 unspecified atom stereocenters. The van der Waals surface area contributed by atoms with Crippen molar-refractivity contribution in [2.45, 2.75) is 95.3 Å². The zero-order chi connectivity index (χ0) is 23.8. The van der Waals surface area contributed by atoms with Crippen molar-refractivity contribution in [2.75, 3.05) is 12.8 Å². The Morgan fingerprint density at radius 1 is 1.28 bits per heavy atom. The van der Waals surface area contributed by atoms with Crippen LogP contribution in [-0.4, -0.2) is 80.7 Å². The molecule has 0 bridgehead atoms. The number of thioether (sulfide) groups is 1. The number of carboxylic acids is 1. The number of hydrogen-bond acceptors (Lipinski definition) is 6. The summed E-state index contributed by atoms with van der Waals surface area (Å²) < 4.78 is 5.32. The summed E-state index contributed by atoms with van der Waals surface area (Å²) in [4.78, 5) is 53.6. The summed E-state index contributed by atoms with van der Waals surface area (Å²) in [5.41, 5.74) is -1.06. The average Bonchev–Trinajstić information content (AvgIpc) is 3.25. The first kappa shape index (κ1) is 24.7. The minimum Gasteiger partial charge on any atom is -0.480 e. The summed E-state index contributed by atoms with van der Waals surface area (Å²) in [6.07, 6.45) is 4.09. The van der Waals surface area contributed by atoms with Crippen LogP contribution in [0.3, 0.4) is 0 Å². The highest BCUT2D eigenvalue weighted by Crippen LogP contribution is 2.55. The van der Waals surface area contributed by atoms with E-state index in [9.17, 15) is 24.3 Å². The highest BCUT2D eigenvalue weighted by molar-refractivity contribution is 7.99. The van der Waals surface area contributed by atoms with Crippen molar-refractivity contribution in [3.63, 3.8) is 0 Å². The number of ether oxygens (including phenoxy) is 1. The van der Waals surface area contributed by atoms with Crippen LogP contribution in [0, 0.1) is 5.41 Å². The normalized spacial score (nSPS) is 28.1. The smallest absolute Gasteiger partial charge is 0.410 e. The second kappa shape index (κ2) is 9.11. The highest BCUT2D eigenvalue weighted by Gasteiger charge is 2.59. The first-order valence-electron chi connectivity index (χ1n) is 11.3. The number of carbonyl (C=O) groups excluding carboxylic acids is 3. The summed E-state index contributed by atoms with van der Waals surface area (Å²) in [6.45, 7) is 6.80. The monoisotopic (exact) mass is 469 g/mol. The van der Waals surface area contributed by atoms with Crippen LogP contribution in [0.25, 0.3) is 0 Å². The van der Waals surface area contributed by atoms with Gasteiger partial charge in [-0.2, -0.15) is 0 Å². The molecule has 2 aliphatic heterocycles. The topological polar surface area (TPSA) is 116 Å². The van der Waals surface area contributed by atoms with E-state index in [1.165, 1.54) is 16.8 Å². The van der Waals surface area contributed by atoms with Crippen molar-refractivity contribution in [2.24, 2.45) is 5.41 Å². The maximum absolute atomic E-state index is 13.5. The largest absolute Gasteiger partial charge is 0.480 e. The van der Waals surface area contributed by atoms with Crippen molar-refractivity contribution in [3.8, 4) is 0 Å². The van der Waals surface area contributed by atoms with Gasteiger partial charge >= 0.3 is 12.1 Å². The molecule has 2 saturated heterocycles. The fraction of sp³-hybridized carbons (Fsp3) is 0.818. The number of hydrogen-bond donors (Lipinski definition) is 2. The average molecular weight is 470 g/mol. The van der Waals surface area contributed by atoms with Crippen molar-refractivity contribution in [1.82, 2.24) is 15.1 Å². The summed E-state index contributed by atoms with van der Waals surface area (Å²) in [7, 11) is 1.48. The molecule has 2 heterocycles. The number of rotatable bonds is 4. The molecule has 3 amide bonds. The van der Waals surface area contributed by atoms with E-state index >= 15 is 0 Å². The zero-order valence-electron chi connectivity index (χ0n) is 19.6. The van der Waals surface area contributed by atoms with Gasteiger partial charge in [-0.1, -0.05) is 12.8 Å². The SMILES string of the molecule is C[C@@H](C(=O)N[C@H]1CCS[C@H]2CC3(CCCC3)[C@@H](C(=O)O)N2C1=O)N(C)C(=O)OC(C)(C)C. The molecule has 4 atom stereocenters. The van der Waals surface area contributed by atoms with Gasteiger partial charge in [-0.25, -0.2) is 9.59 Å². The van der Waals surface area contributed by atoms with E-state index in [2.05, 4.69) is 5.32 Å². The number of carbonyl (C=O) groups is 4. The first-order chi connectivity index (χ1) is 14.9. The minimum atomic E-state index is -0.964. The lowest BCUT2D eigenvalue weighted by atomic mass is 9.78. The van der Waals surface area contributed by atoms with Gasteiger partial charge in [0.2, 0.25) is 11.8 Å². The van der Waals surface area contributed by atoms with Crippen molar-refractivity contribution >= 4 is 35.6 Å². The van der Waals surface area contributed by atoms with Gasteiger partial charge in [0.25, 0.3) is 0 Å². The molecule has 0 aromatic rings. The molecule has 2 N–H and O–H groups in total. The molecule has 1 saturated carbocycles. The van der Waals surface area contributed by atoms with Gasteiger partial charge in [0, 0.05) is 12.5 Å². The van der Waals surface area contributed by atoms with Crippen molar-refractivity contribution in [3.05, 3.63) is 0 Å². The lowest BCUT2D eigenvalue weighted by molar-refractivity contribution is -0.153. The zero-order valence-corrected chi connectivity index (χ0v) is 20.4. The van der Waals surface area contributed by atoms with Gasteiger partial charge in [-0.05, 0) is 59.1 Å². The standard InChI is InChI=1S/C22H35N3O6S/c1-13(24(5)20(30)31-21(2,3)4)17(26)23-14-8-11-32-15-12-22(9-6-7-10-22)16(19(28)29)25(15)18(14)27/h13-16H,6-12H2,1-5H3,(H,23,26)(H,28,29)/t13-,14-,15-,16+/m0/s1. The Balaban J connectivity index is 1.72. The quantitative estimate of drug-likeness (QED) is 0.649. The fourth-order valence-corrected chi connectivity index (χ4v) is 6.56. The summed E-state index contributed by atoms with van der Waals surface area (Å²) in [5.74, 6) is -1.12.